The number of nitrogens with zero attached hydrogens (tertiary/aromatic N) is 1. The van der Waals surface area contributed by atoms with E-state index in [1.807, 2.05) is 0 Å². The van der Waals surface area contributed by atoms with Gasteiger partial charge in [0, 0.05) is 36.3 Å². The van der Waals surface area contributed by atoms with E-state index >= 15 is 0 Å². The second kappa shape index (κ2) is 7.17. The molecule has 1 amide bonds. The number of nitro benzene ring substituents is 1. The van der Waals surface area contributed by atoms with Gasteiger partial charge in [-0.2, -0.15) is 0 Å². The van der Waals surface area contributed by atoms with E-state index in [1.165, 1.54) is 0 Å². The molecule has 1 aromatic carbocycles. The van der Waals surface area contributed by atoms with Gasteiger partial charge < -0.3 is 15.2 Å². The average molecular weight is 314 g/mol. The summed E-state index contributed by atoms with van der Waals surface area (Å²) in [5.74, 6) is -0.743. The molecule has 22 heavy (non-hydrogen) atoms. The molecule has 0 bridgehead atoms. The molecular weight excluding hydrogens is 295 g/mol. The fourth-order valence-corrected chi connectivity index (χ4v) is 1.75. The molecule has 1 aromatic rings. The maximum atomic E-state index is 13.9. The summed E-state index contributed by atoms with van der Waals surface area (Å²) in [6.07, 6.45) is -1.99. The first-order valence-corrected chi connectivity index (χ1v) is 6.67. The molecule has 8 heteroatoms. The fraction of sp³-hybridized carbons (Fsp3) is 0.500. The zero-order valence-electron chi connectivity index (χ0n) is 12.6. The van der Waals surface area contributed by atoms with Crippen molar-refractivity contribution in [3.63, 3.8) is 0 Å². The molecule has 1 unspecified atom stereocenters. The van der Waals surface area contributed by atoms with Crippen molar-refractivity contribution >= 4 is 11.8 Å². The minimum atomic E-state index is -1.12. The monoisotopic (exact) mass is 314 g/mol. The van der Waals surface area contributed by atoms with Crippen LogP contribution in [0.5, 0.6) is 0 Å². The molecule has 0 aliphatic heterocycles. The van der Waals surface area contributed by atoms with E-state index in [4.69, 9.17) is 9.84 Å². The van der Waals surface area contributed by atoms with Gasteiger partial charge in [0.25, 0.3) is 5.69 Å². The predicted molar refractivity (Wildman–Crippen MR) is 76.9 cm³/mol. The number of alkyl carbamates (subject to hydrolysis) is 1. The molecule has 0 heterocycles. The molecule has 0 radical (unpaired) electrons. The van der Waals surface area contributed by atoms with E-state index in [9.17, 15) is 19.3 Å². The Hall–Kier alpha value is -2.22. The first kappa shape index (κ1) is 17.8. The molecule has 0 aliphatic rings. The summed E-state index contributed by atoms with van der Waals surface area (Å²) in [6, 6.07) is 2.95. The molecule has 1 rings (SSSR count). The lowest BCUT2D eigenvalue weighted by atomic mass is 10.1. The lowest BCUT2D eigenvalue weighted by molar-refractivity contribution is -0.385. The van der Waals surface area contributed by atoms with Gasteiger partial charge in [0.15, 0.2) is 0 Å². The Morgan fingerprint density at radius 1 is 1.50 bits per heavy atom. The van der Waals surface area contributed by atoms with Crippen molar-refractivity contribution in [3.05, 3.63) is 39.7 Å². The third-order valence-electron chi connectivity index (χ3n) is 2.65. The number of hydrogen-bond acceptors (Lipinski definition) is 5. The summed E-state index contributed by atoms with van der Waals surface area (Å²) in [7, 11) is 0. The standard InChI is InChI=1S/C14H19FN2O5/c1-14(2,3)16-13(19)22-12(6-7-18)10-8-9(17(20)21)4-5-11(10)15/h4-5,8,12,18H,6-7H2,1-3H3,(H,16,19). The zero-order valence-corrected chi connectivity index (χ0v) is 12.6. The van der Waals surface area contributed by atoms with Gasteiger partial charge in [-0.25, -0.2) is 9.18 Å². The third kappa shape index (κ3) is 5.28. The van der Waals surface area contributed by atoms with E-state index in [0.717, 1.165) is 18.2 Å². The molecule has 0 aromatic heterocycles. The average Bonchev–Trinajstić information content (AvgIpc) is 2.36. The van der Waals surface area contributed by atoms with Gasteiger partial charge in [0.05, 0.1) is 4.92 Å². The van der Waals surface area contributed by atoms with Crippen molar-refractivity contribution in [3.8, 4) is 0 Å². The summed E-state index contributed by atoms with van der Waals surface area (Å²) < 4.78 is 19.0. The Labute approximate surface area is 127 Å². The van der Waals surface area contributed by atoms with Crippen molar-refractivity contribution in [2.75, 3.05) is 6.61 Å². The summed E-state index contributed by atoms with van der Waals surface area (Å²) in [4.78, 5) is 21.9. The van der Waals surface area contributed by atoms with Crippen LogP contribution in [-0.4, -0.2) is 28.3 Å². The number of aliphatic hydroxyl groups is 1. The molecule has 2 N–H and O–H groups in total. The van der Waals surface area contributed by atoms with E-state index in [2.05, 4.69) is 5.32 Å². The number of carbonyl (C=O) groups is 1. The topological polar surface area (TPSA) is 102 Å². The summed E-state index contributed by atoms with van der Waals surface area (Å²) in [5, 5.41) is 22.3. The number of halogens is 1. The quantitative estimate of drug-likeness (QED) is 0.642. The van der Waals surface area contributed by atoms with Crippen LogP contribution in [0.25, 0.3) is 0 Å². The number of carbonyl (C=O) groups excluding carboxylic acids is 1. The number of aliphatic hydroxyl groups excluding tert-OH is 1. The number of nitrogens with one attached hydrogen (secondary N) is 1. The molecule has 0 fully saturated rings. The highest BCUT2D eigenvalue weighted by Crippen LogP contribution is 2.27. The van der Waals surface area contributed by atoms with Crippen LogP contribution in [0.1, 0.15) is 38.9 Å². The number of benzene rings is 1. The van der Waals surface area contributed by atoms with Gasteiger partial charge in [0.2, 0.25) is 0 Å². The fourth-order valence-electron chi connectivity index (χ4n) is 1.75. The van der Waals surface area contributed by atoms with Gasteiger partial charge in [-0.15, -0.1) is 0 Å². The SMILES string of the molecule is CC(C)(C)NC(=O)OC(CCO)c1cc([N+](=O)[O-])ccc1F. The second-order valence-corrected chi connectivity index (χ2v) is 5.74. The maximum Gasteiger partial charge on any atom is 0.408 e. The van der Waals surface area contributed by atoms with Crippen molar-refractivity contribution in [1.82, 2.24) is 5.32 Å². The first-order valence-electron chi connectivity index (χ1n) is 6.67. The van der Waals surface area contributed by atoms with Crippen molar-refractivity contribution in [1.29, 1.82) is 0 Å². The summed E-state index contributed by atoms with van der Waals surface area (Å²) in [6.45, 7) is 4.85. The smallest absolute Gasteiger partial charge is 0.408 e. The highest BCUT2D eigenvalue weighted by Gasteiger charge is 2.24. The van der Waals surface area contributed by atoms with Gasteiger partial charge in [-0.05, 0) is 26.8 Å². The van der Waals surface area contributed by atoms with Crippen molar-refractivity contribution in [2.24, 2.45) is 0 Å². The molecule has 1 atom stereocenters. The lowest BCUT2D eigenvalue weighted by Gasteiger charge is -2.23. The summed E-state index contributed by atoms with van der Waals surface area (Å²) in [5.41, 5.74) is -1.02. The number of non-ortho nitro benzene ring substituents is 1. The number of rotatable bonds is 5. The minimum Gasteiger partial charge on any atom is -0.441 e. The normalized spacial score (nSPS) is 12.6. The number of hydrogen-bond donors (Lipinski definition) is 2. The molecule has 0 spiro atoms. The molecule has 0 saturated carbocycles. The highest BCUT2D eigenvalue weighted by atomic mass is 19.1. The molecule has 0 saturated heterocycles. The van der Waals surface area contributed by atoms with E-state index in [-0.39, 0.29) is 24.3 Å². The van der Waals surface area contributed by atoms with Gasteiger partial charge in [-0.1, -0.05) is 0 Å². The van der Waals surface area contributed by atoms with Crippen molar-refractivity contribution < 1.29 is 24.0 Å². The highest BCUT2D eigenvalue weighted by molar-refractivity contribution is 5.68. The van der Waals surface area contributed by atoms with Gasteiger partial charge in [-0.3, -0.25) is 10.1 Å². The lowest BCUT2D eigenvalue weighted by Crippen LogP contribution is -2.41. The van der Waals surface area contributed by atoms with Gasteiger partial charge >= 0.3 is 6.09 Å². The number of nitro groups is 1. The first-order chi connectivity index (χ1) is 10.1. The number of amides is 1. The van der Waals surface area contributed by atoms with E-state index < -0.39 is 28.5 Å². The molecule has 0 aliphatic carbocycles. The molecule has 122 valence electrons. The Kier molecular flexibility index (Phi) is 5.81. The summed E-state index contributed by atoms with van der Waals surface area (Å²) >= 11 is 0. The zero-order chi connectivity index (χ0) is 16.9. The van der Waals surface area contributed by atoms with Crippen LogP contribution in [0.2, 0.25) is 0 Å². The van der Waals surface area contributed by atoms with Crippen LogP contribution in [0.4, 0.5) is 14.9 Å². The Balaban J connectivity index is 3.02. The Bertz CT molecular complexity index is 557. The van der Waals surface area contributed by atoms with Crippen LogP contribution in [0.3, 0.4) is 0 Å². The van der Waals surface area contributed by atoms with Crippen LogP contribution in [0, 0.1) is 15.9 Å². The minimum absolute atomic E-state index is 0.0738. The van der Waals surface area contributed by atoms with E-state index in [0.29, 0.717) is 0 Å². The Morgan fingerprint density at radius 3 is 2.64 bits per heavy atom. The number of ether oxygens (including phenoxy) is 1. The largest absolute Gasteiger partial charge is 0.441 e. The van der Waals surface area contributed by atoms with Gasteiger partial charge in [0.1, 0.15) is 11.9 Å². The molecule has 7 nitrogen and oxygen atoms in total. The maximum absolute atomic E-state index is 13.9. The van der Waals surface area contributed by atoms with Crippen molar-refractivity contribution in [2.45, 2.75) is 38.8 Å². The second-order valence-electron chi connectivity index (χ2n) is 5.74. The third-order valence-corrected chi connectivity index (χ3v) is 2.65. The van der Waals surface area contributed by atoms with Crippen LogP contribution < -0.4 is 5.32 Å². The van der Waals surface area contributed by atoms with Crippen LogP contribution in [-0.2, 0) is 4.74 Å². The molecular formula is C14H19FN2O5. The van der Waals surface area contributed by atoms with Crippen LogP contribution >= 0.6 is 0 Å². The van der Waals surface area contributed by atoms with Crippen LogP contribution in [0.15, 0.2) is 18.2 Å². The Morgan fingerprint density at radius 2 is 2.14 bits per heavy atom. The predicted octanol–water partition coefficient (Wildman–Crippen LogP) is 2.68. The van der Waals surface area contributed by atoms with E-state index in [1.54, 1.807) is 20.8 Å².